The van der Waals surface area contributed by atoms with Crippen LogP contribution in [0.15, 0.2) is 18.5 Å². The zero-order valence-electron chi connectivity index (χ0n) is 8.39. The van der Waals surface area contributed by atoms with E-state index in [-0.39, 0.29) is 0 Å². The van der Waals surface area contributed by atoms with Gasteiger partial charge in [0.25, 0.3) is 0 Å². The summed E-state index contributed by atoms with van der Waals surface area (Å²) in [6.45, 7) is 1.75. The Kier molecular flexibility index (Phi) is 2.24. The first-order valence-corrected chi connectivity index (χ1v) is 4.38. The summed E-state index contributed by atoms with van der Waals surface area (Å²) >= 11 is 0. The average Bonchev–Trinajstić information content (AvgIpc) is 2.75. The summed E-state index contributed by atoms with van der Waals surface area (Å²) in [5.41, 5.74) is 1.09. The lowest BCUT2D eigenvalue weighted by molar-refractivity contribution is 0.0726. The smallest absolute Gasteiger partial charge is 0.348 e. The Morgan fingerprint density at radius 1 is 1.60 bits per heavy atom. The summed E-state index contributed by atoms with van der Waals surface area (Å²) < 4.78 is 6.59. The molecule has 0 amide bonds. The van der Waals surface area contributed by atoms with Gasteiger partial charge in [-0.1, -0.05) is 0 Å². The molecule has 6 nitrogen and oxygen atoms in total. The Labute approximate surface area is 85.9 Å². The van der Waals surface area contributed by atoms with Crippen molar-refractivity contribution in [1.29, 1.82) is 0 Å². The fourth-order valence-electron chi connectivity index (χ4n) is 1.25. The van der Waals surface area contributed by atoms with E-state index in [1.807, 2.05) is 0 Å². The van der Waals surface area contributed by atoms with Crippen molar-refractivity contribution in [3.05, 3.63) is 29.7 Å². The maximum Gasteiger partial charge on any atom is 0.348 e. The first-order valence-electron chi connectivity index (χ1n) is 4.38. The van der Waals surface area contributed by atoms with Gasteiger partial charge in [-0.25, -0.2) is 9.89 Å². The highest BCUT2D eigenvalue weighted by Crippen LogP contribution is 2.10. The number of esters is 1. The van der Waals surface area contributed by atoms with E-state index in [4.69, 9.17) is 4.74 Å². The number of aromatic nitrogens is 4. The Bertz CT molecular complexity index is 472. The minimum atomic E-state index is -0.440. The molecule has 0 unspecified atom stereocenters. The molecule has 0 aliphatic carbocycles. The van der Waals surface area contributed by atoms with Gasteiger partial charge in [0.1, 0.15) is 5.56 Å². The second-order valence-electron chi connectivity index (χ2n) is 3.11. The zero-order chi connectivity index (χ0) is 10.8. The molecule has 2 heterocycles. The summed E-state index contributed by atoms with van der Waals surface area (Å²) in [5.74, 6) is -0.117. The highest BCUT2D eigenvalue weighted by molar-refractivity contribution is 5.91. The molecule has 0 aliphatic heterocycles. The number of carbonyl (C=O) groups is 1. The number of carbonyl (C=O) groups excluding carboxylic acids is 1. The van der Waals surface area contributed by atoms with Crippen molar-refractivity contribution in [2.24, 2.45) is 7.05 Å². The van der Waals surface area contributed by atoms with Crippen molar-refractivity contribution in [1.82, 2.24) is 20.0 Å². The SMILES string of the molecule is Cc1nn(C)cc1C(=O)Oc1ccn[nH]1. The second kappa shape index (κ2) is 3.56. The third-order valence-corrected chi connectivity index (χ3v) is 1.91. The maximum atomic E-state index is 11.6. The molecule has 15 heavy (non-hydrogen) atoms. The normalized spacial score (nSPS) is 10.3. The molecule has 78 valence electrons. The lowest BCUT2D eigenvalue weighted by atomic mass is 10.3. The Morgan fingerprint density at radius 3 is 2.93 bits per heavy atom. The summed E-state index contributed by atoms with van der Waals surface area (Å²) in [6, 6.07) is 1.57. The molecule has 0 fully saturated rings. The van der Waals surface area contributed by atoms with Gasteiger partial charge >= 0.3 is 5.97 Å². The number of nitrogens with zero attached hydrogens (tertiary/aromatic N) is 3. The third kappa shape index (κ3) is 1.88. The Balaban J connectivity index is 2.18. The van der Waals surface area contributed by atoms with Gasteiger partial charge in [-0.05, 0) is 6.92 Å². The number of aromatic amines is 1. The van der Waals surface area contributed by atoms with Gasteiger partial charge in [-0.2, -0.15) is 10.2 Å². The fourth-order valence-corrected chi connectivity index (χ4v) is 1.25. The van der Waals surface area contributed by atoms with E-state index in [0.717, 1.165) is 0 Å². The average molecular weight is 206 g/mol. The number of nitrogens with one attached hydrogen (secondary N) is 1. The highest BCUT2D eigenvalue weighted by atomic mass is 16.5. The zero-order valence-corrected chi connectivity index (χ0v) is 8.39. The molecule has 0 spiro atoms. The van der Waals surface area contributed by atoms with Crippen LogP contribution in [0.2, 0.25) is 0 Å². The van der Waals surface area contributed by atoms with Crippen LogP contribution in [0.3, 0.4) is 0 Å². The maximum absolute atomic E-state index is 11.6. The number of hydrogen-bond donors (Lipinski definition) is 1. The quantitative estimate of drug-likeness (QED) is 0.733. The Hall–Kier alpha value is -2.11. The van der Waals surface area contributed by atoms with Gasteiger partial charge in [0, 0.05) is 19.3 Å². The molecule has 0 bridgehead atoms. The van der Waals surface area contributed by atoms with Crippen LogP contribution in [-0.2, 0) is 7.05 Å². The van der Waals surface area contributed by atoms with Crippen molar-refractivity contribution < 1.29 is 9.53 Å². The molecule has 0 saturated carbocycles. The van der Waals surface area contributed by atoms with Crippen molar-refractivity contribution >= 4 is 5.97 Å². The van der Waals surface area contributed by atoms with Crippen LogP contribution < -0.4 is 4.74 Å². The van der Waals surface area contributed by atoms with Crippen LogP contribution in [0.25, 0.3) is 0 Å². The topological polar surface area (TPSA) is 72.8 Å². The highest BCUT2D eigenvalue weighted by Gasteiger charge is 2.15. The van der Waals surface area contributed by atoms with E-state index < -0.39 is 5.97 Å². The lowest BCUT2D eigenvalue weighted by Crippen LogP contribution is -2.09. The molecule has 0 aromatic carbocycles. The summed E-state index contributed by atoms with van der Waals surface area (Å²) in [6.07, 6.45) is 3.13. The summed E-state index contributed by atoms with van der Waals surface area (Å²) in [5, 5.41) is 10.3. The Morgan fingerprint density at radius 2 is 2.40 bits per heavy atom. The molecule has 2 rings (SSSR count). The lowest BCUT2D eigenvalue weighted by Gasteiger charge is -1.98. The van der Waals surface area contributed by atoms with Crippen LogP contribution in [0.5, 0.6) is 5.88 Å². The molecule has 6 heteroatoms. The van der Waals surface area contributed by atoms with Crippen molar-refractivity contribution in [2.45, 2.75) is 6.92 Å². The van der Waals surface area contributed by atoms with Gasteiger partial charge in [0.15, 0.2) is 0 Å². The number of rotatable bonds is 2. The first-order chi connectivity index (χ1) is 7.16. The van der Waals surface area contributed by atoms with Gasteiger partial charge in [0.2, 0.25) is 5.88 Å². The van der Waals surface area contributed by atoms with Crippen molar-refractivity contribution in [2.75, 3.05) is 0 Å². The molecule has 2 aromatic rings. The van der Waals surface area contributed by atoms with Crippen molar-refractivity contribution in [3.63, 3.8) is 0 Å². The van der Waals surface area contributed by atoms with Gasteiger partial charge in [-0.3, -0.25) is 4.68 Å². The molecule has 2 aromatic heterocycles. The molecular formula is C9H10N4O2. The molecule has 0 aliphatic rings. The minimum Gasteiger partial charge on any atom is -0.404 e. The third-order valence-electron chi connectivity index (χ3n) is 1.91. The van der Waals surface area contributed by atoms with Gasteiger partial charge in [0.05, 0.1) is 11.9 Å². The largest absolute Gasteiger partial charge is 0.404 e. The van der Waals surface area contributed by atoms with E-state index in [1.165, 1.54) is 6.20 Å². The second-order valence-corrected chi connectivity index (χ2v) is 3.11. The van der Waals surface area contributed by atoms with E-state index in [1.54, 1.807) is 30.9 Å². The van der Waals surface area contributed by atoms with E-state index >= 15 is 0 Å². The monoisotopic (exact) mass is 206 g/mol. The molecule has 0 atom stereocenters. The molecule has 1 N–H and O–H groups in total. The fraction of sp³-hybridized carbons (Fsp3) is 0.222. The predicted molar refractivity (Wildman–Crippen MR) is 51.5 cm³/mol. The van der Waals surface area contributed by atoms with Crippen LogP contribution >= 0.6 is 0 Å². The van der Waals surface area contributed by atoms with Crippen molar-refractivity contribution in [3.8, 4) is 5.88 Å². The molecular weight excluding hydrogens is 196 g/mol. The van der Waals surface area contributed by atoms with E-state index in [9.17, 15) is 4.79 Å². The number of H-pyrrole nitrogens is 1. The van der Waals surface area contributed by atoms with Crippen LogP contribution in [0, 0.1) is 6.92 Å². The first kappa shape index (κ1) is 9.45. The predicted octanol–water partition coefficient (Wildman–Crippen LogP) is 0.671. The van der Waals surface area contributed by atoms with Gasteiger partial charge < -0.3 is 4.74 Å². The number of ether oxygens (including phenoxy) is 1. The molecule has 0 saturated heterocycles. The van der Waals surface area contributed by atoms with E-state index in [2.05, 4.69) is 15.3 Å². The van der Waals surface area contributed by atoms with Crippen LogP contribution in [0.1, 0.15) is 16.1 Å². The summed E-state index contributed by atoms with van der Waals surface area (Å²) in [4.78, 5) is 11.6. The summed E-state index contributed by atoms with van der Waals surface area (Å²) in [7, 11) is 1.75. The minimum absolute atomic E-state index is 0.322. The molecule has 0 radical (unpaired) electrons. The van der Waals surface area contributed by atoms with Crippen LogP contribution in [-0.4, -0.2) is 25.9 Å². The number of aryl methyl sites for hydroxylation is 2. The van der Waals surface area contributed by atoms with Gasteiger partial charge in [-0.15, -0.1) is 0 Å². The number of hydrogen-bond acceptors (Lipinski definition) is 4. The van der Waals surface area contributed by atoms with E-state index in [0.29, 0.717) is 17.1 Å². The standard InChI is InChI=1S/C9H10N4O2/c1-6-7(5-13(2)12-6)9(14)15-8-3-4-10-11-8/h3-5H,1-2H3,(H,10,11). The van der Waals surface area contributed by atoms with Crippen LogP contribution in [0.4, 0.5) is 0 Å².